The summed E-state index contributed by atoms with van der Waals surface area (Å²) >= 11 is 5.75. The van der Waals surface area contributed by atoms with Crippen LogP contribution in [0, 0.1) is 6.92 Å². The average Bonchev–Trinajstić information content (AvgIpc) is 2.35. The summed E-state index contributed by atoms with van der Waals surface area (Å²) in [4.78, 5) is 2.06. The fourth-order valence-corrected chi connectivity index (χ4v) is 1.86. The largest absolute Gasteiger partial charge is 0.497 e. The summed E-state index contributed by atoms with van der Waals surface area (Å²) in [5.74, 6) is 1.71. The molecule has 0 heterocycles. The van der Waals surface area contributed by atoms with Crippen LogP contribution in [0.25, 0.3) is 0 Å². The van der Waals surface area contributed by atoms with Gasteiger partial charge in [0.2, 0.25) is 0 Å². The minimum atomic E-state index is 0.539. The van der Waals surface area contributed by atoms with Crippen LogP contribution in [0.2, 0.25) is 0 Å². The Kier molecular flexibility index (Phi) is 5.59. The maximum atomic E-state index is 5.75. The first-order chi connectivity index (χ1) is 8.12. The second kappa shape index (κ2) is 6.72. The van der Waals surface area contributed by atoms with E-state index in [1.165, 1.54) is 11.1 Å². The first-order valence-corrected chi connectivity index (χ1v) is 6.11. The summed E-state index contributed by atoms with van der Waals surface area (Å²) in [6, 6.07) is 4.49. The fourth-order valence-electron chi connectivity index (χ4n) is 1.74. The Morgan fingerprint density at radius 2 is 1.94 bits per heavy atom. The molecule has 0 bridgehead atoms. The molecule has 1 rings (SSSR count). The van der Waals surface area contributed by atoms with E-state index in [1.54, 1.807) is 14.2 Å². The van der Waals surface area contributed by atoms with Crippen LogP contribution in [0.3, 0.4) is 0 Å². The normalized spacial score (nSPS) is 10.7. The van der Waals surface area contributed by atoms with Crippen LogP contribution in [0.15, 0.2) is 12.1 Å². The molecule has 0 aliphatic rings. The first-order valence-electron chi connectivity index (χ1n) is 5.58. The lowest BCUT2D eigenvalue weighted by atomic mass is 10.0. The molecule has 0 aliphatic carbocycles. The zero-order valence-corrected chi connectivity index (χ0v) is 11.7. The van der Waals surface area contributed by atoms with Gasteiger partial charge in [-0.25, -0.2) is 0 Å². The predicted octanol–water partition coefficient (Wildman–Crippen LogP) is 2.68. The summed E-state index contributed by atoms with van der Waals surface area (Å²) in [7, 11) is 5.34. The molecule has 0 amide bonds. The molecule has 1 aromatic carbocycles. The number of rotatable bonds is 6. The molecule has 0 radical (unpaired) electrons. The SMILES string of the molecule is COc1cc(C)c(CCN(C)CCl)c(OC)c1. The Labute approximate surface area is 108 Å². The minimum absolute atomic E-state index is 0.539. The molecule has 0 saturated carbocycles. The van der Waals surface area contributed by atoms with Gasteiger partial charge in [-0.15, -0.1) is 11.6 Å². The zero-order valence-electron chi connectivity index (χ0n) is 10.9. The molecule has 0 aliphatic heterocycles. The lowest BCUT2D eigenvalue weighted by molar-refractivity contribution is 0.375. The van der Waals surface area contributed by atoms with Gasteiger partial charge < -0.3 is 9.47 Å². The molecule has 96 valence electrons. The van der Waals surface area contributed by atoms with Crippen LogP contribution < -0.4 is 9.47 Å². The monoisotopic (exact) mass is 257 g/mol. The van der Waals surface area contributed by atoms with E-state index in [4.69, 9.17) is 21.1 Å². The molecule has 3 nitrogen and oxygen atoms in total. The summed E-state index contributed by atoms with van der Waals surface area (Å²) in [6.07, 6.45) is 0.919. The number of methoxy groups -OCH3 is 2. The number of aryl methyl sites for hydroxylation is 1. The topological polar surface area (TPSA) is 21.7 Å². The molecule has 0 saturated heterocycles. The smallest absolute Gasteiger partial charge is 0.126 e. The van der Waals surface area contributed by atoms with Gasteiger partial charge in [-0.2, -0.15) is 0 Å². The quantitative estimate of drug-likeness (QED) is 0.578. The molecule has 0 unspecified atom stereocenters. The van der Waals surface area contributed by atoms with Crippen LogP contribution in [0.4, 0.5) is 0 Å². The molecular weight excluding hydrogens is 238 g/mol. The summed E-state index contributed by atoms with van der Waals surface area (Å²) < 4.78 is 10.6. The van der Waals surface area contributed by atoms with Gasteiger partial charge in [0.05, 0.1) is 20.2 Å². The van der Waals surface area contributed by atoms with E-state index in [0.29, 0.717) is 6.00 Å². The van der Waals surface area contributed by atoms with Crippen molar-refractivity contribution in [2.75, 3.05) is 33.8 Å². The van der Waals surface area contributed by atoms with Crippen LogP contribution in [-0.4, -0.2) is 38.7 Å². The van der Waals surface area contributed by atoms with E-state index in [2.05, 4.69) is 11.8 Å². The van der Waals surface area contributed by atoms with E-state index in [0.717, 1.165) is 24.5 Å². The number of alkyl halides is 1. The predicted molar refractivity (Wildman–Crippen MR) is 71.3 cm³/mol. The highest BCUT2D eigenvalue weighted by molar-refractivity contribution is 6.17. The van der Waals surface area contributed by atoms with Gasteiger partial charge >= 0.3 is 0 Å². The van der Waals surface area contributed by atoms with Gasteiger partial charge in [0.1, 0.15) is 11.5 Å². The number of nitrogens with zero attached hydrogens (tertiary/aromatic N) is 1. The van der Waals surface area contributed by atoms with E-state index < -0.39 is 0 Å². The lowest BCUT2D eigenvalue weighted by Crippen LogP contribution is -2.19. The van der Waals surface area contributed by atoms with Gasteiger partial charge in [0.15, 0.2) is 0 Å². The Balaban J connectivity index is 2.89. The third-order valence-corrected chi connectivity index (χ3v) is 3.22. The maximum Gasteiger partial charge on any atom is 0.126 e. The van der Waals surface area contributed by atoms with Gasteiger partial charge in [-0.3, -0.25) is 4.90 Å². The van der Waals surface area contributed by atoms with Gasteiger partial charge in [0.25, 0.3) is 0 Å². The Bertz CT molecular complexity index is 369. The van der Waals surface area contributed by atoms with Crippen molar-refractivity contribution in [1.29, 1.82) is 0 Å². The molecule has 0 atom stereocenters. The number of hydrogen-bond donors (Lipinski definition) is 0. The Hall–Kier alpha value is -0.930. The molecule has 4 heteroatoms. The number of benzene rings is 1. The number of hydrogen-bond acceptors (Lipinski definition) is 3. The van der Waals surface area contributed by atoms with Gasteiger partial charge in [-0.1, -0.05) is 0 Å². The standard InChI is InChI=1S/C13H20ClNO2/c1-10-7-11(16-3)8-13(17-4)12(10)5-6-15(2)9-14/h7-8H,5-6,9H2,1-4H3. The van der Waals surface area contributed by atoms with E-state index in [-0.39, 0.29) is 0 Å². The third kappa shape index (κ3) is 3.79. The molecule has 1 aromatic rings. The fraction of sp³-hybridized carbons (Fsp3) is 0.538. The van der Waals surface area contributed by atoms with Crippen molar-refractivity contribution < 1.29 is 9.47 Å². The van der Waals surface area contributed by atoms with Crippen LogP contribution in [-0.2, 0) is 6.42 Å². The average molecular weight is 258 g/mol. The van der Waals surface area contributed by atoms with Crippen LogP contribution in [0.5, 0.6) is 11.5 Å². The second-order valence-corrected chi connectivity index (χ2v) is 4.31. The molecule has 0 fully saturated rings. The molecular formula is C13H20ClNO2. The molecule has 0 spiro atoms. The summed E-state index contributed by atoms with van der Waals surface area (Å²) in [5.41, 5.74) is 2.40. The zero-order chi connectivity index (χ0) is 12.8. The Morgan fingerprint density at radius 1 is 1.24 bits per heavy atom. The van der Waals surface area contributed by atoms with Crippen molar-refractivity contribution in [2.24, 2.45) is 0 Å². The van der Waals surface area contributed by atoms with Crippen molar-refractivity contribution in [3.05, 3.63) is 23.3 Å². The minimum Gasteiger partial charge on any atom is -0.497 e. The van der Waals surface area contributed by atoms with Gasteiger partial charge in [-0.05, 0) is 37.6 Å². The van der Waals surface area contributed by atoms with Crippen molar-refractivity contribution in [2.45, 2.75) is 13.3 Å². The highest BCUT2D eigenvalue weighted by Gasteiger charge is 2.10. The van der Waals surface area contributed by atoms with Crippen molar-refractivity contribution in [3.63, 3.8) is 0 Å². The van der Waals surface area contributed by atoms with E-state index in [9.17, 15) is 0 Å². The van der Waals surface area contributed by atoms with Crippen molar-refractivity contribution in [1.82, 2.24) is 4.90 Å². The lowest BCUT2D eigenvalue weighted by Gasteiger charge is -2.17. The maximum absolute atomic E-state index is 5.75. The third-order valence-electron chi connectivity index (χ3n) is 2.81. The molecule has 0 aromatic heterocycles. The van der Waals surface area contributed by atoms with Crippen molar-refractivity contribution >= 4 is 11.6 Å². The van der Waals surface area contributed by atoms with E-state index >= 15 is 0 Å². The van der Waals surface area contributed by atoms with E-state index in [1.807, 2.05) is 19.2 Å². The molecule has 0 N–H and O–H groups in total. The Morgan fingerprint density at radius 3 is 2.47 bits per heavy atom. The summed E-state index contributed by atoms with van der Waals surface area (Å²) in [6.45, 7) is 2.98. The van der Waals surface area contributed by atoms with Crippen molar-refractivity contribution in [3.8, 4) is 11.5 Å². The number of halogens is 1. The van der Waals surface area contributed by atoms with Crippen LogP contribution >= 0.6 is 11.6 Å². The molecule has 17 heavy (non-hydrogen) atoms. The first kappa shape index (κ1) is 14.1. The second-order valence-electron chi connectivity index (χ2n) is 4.07. The highest BCUT2D eigenvalue weighted by atomic mass is 35.5. The van der Waals surface area contributed by atoms with Gasteiger partial charge in [0, 0.05) is 12.6 Å². The highest BCUT2D eigenvalue weighted by Crippen LogP contribution is 2.28. The number of ether oxygens (including phenoxy) is 2. The van der Waals surface area contributed by atoms with Crippen LogP contribution in [0.1, 0.15) is 11.1 Å². The summed E-state index contributed by atoms with van der Waals surface area (Å²) in [5, 5.41) is 0. The number of likely N-dealkylation sites (N-methyl/N-ethyl adjacent to an activating group) is 1.